The van der Waals surface area contributed by atoms with E-state index in [2.05, 4.69) is 6.07 Å². The largest absolute Gasteiger partial charge is 0.505 e. The fourth-order valence-electron chi connectivity index (χ4n) is 2.81. The van der Waals surface area contributed by atoms with Crippen LogP contribution in [0.15, 0.2) is 24.3 Å². The Labute approximate surface area is 140 Å². The molecule has 0 fully saturated rings. The summed E-state index contributed by atoms with van der Waals surface area (Å²) in [5, 5.41) is 28.2. The SMILES string of the molecule is Cc1c(CC(=O)O)c2cc(O)c(F)cc2n1Cc1ccc(C#N)s1. The number of phenols is 1. The van der Waals surface area contributed by atoms with Gasteiger partial charge in [0.15, 0.2) is 11.6 Å². The smallest absolute Gasteiger partial charge is 0.307 e. The van der Waals surface area contributed by atoms with E-state index in [9.17, 15) is 14.3 Å². The average molecular weight is 344 g/mol. The van der Waals surface area contributed by atoms with E-state index in [1.165, 1.54) is 23.5 Å². The first-order valence-electron chi connectivity index (χ1n) is 7.11. The van der Waals surface area contributed by atoms with Crippen LogP contribution in [-0.4, -0.2) is 20.7 Å². The van der Waals surface area contributed by atoms with Crippen molar-refractivity contribution < 1.29 is 19.4 Å². The van der Waals surface area contributed by atoms with Crippen LogP contribution in [0.25, 0.3) is 10.9 Å². The zero-order chi connectivity index (χ0) is 17.4. The van der Waals surface area contributed by atoms with Crippen LogP contribution in [0.4, 0.5) is 4.39 Å². The average Bonchev–Trinajstić information content (AvgIpc) is 3.07. The highest BCUT2D eigenvalue weighted by molar-refractivity contribution is 7.12. The minimum atomic E-state index is -0.996. The number of aromatic hydroxyl groups is 1. The molecule has 0 aliphatic carbocycles. The second-order valence-electron chi connectivity index (χ2n) is 5.42. The molecule has 7 heteroatoms. The van der Waals surface area contributed by atoms with Gasteiger partial charge in [-0.3, -0.25) is 4.79 Å². The number of carboxylic acids is 1. The molecule has 24 heavy (non-hydrogen) atoms. The maximum atomic E-state index is 13.8. The highest BCUT2D eigenvalue weighted by Gasteiger charge is 2.19. The van der Waals surface area contributed by atoms with Crippen LogP contribution < -0.4 is 0 Å². The van der Waals surface area contributed by atoms with Crippen molar-refractivity contribution in [1.29, 1.82) is 5.26 Å². The zero-order valence-corrected chi connectivity index (χ0v) is 13.5. The van der Waals surface area contributed by atoms with Crippen LogP contribution in [-0.2, 0) is 17.8 Å². The minimum Gasteiger partial charge on any atom is -0.505 e. The Balaban J connectivity index is 2.18. The van der Waals surface area contributed by atoms with Gasteiger partial charge in [0, 0.05) is 22.0 Å². The monoisotopic (exact) mass is 344 g/mol. The predicted octanol–water partition coefficient (Wildman–Crippen LogP) is 3.40. The molecule has 0 bridgehead atoms. The molecule has 0 unspecified atom stereocenters. The molecule has 2 aromatic heterocycles. The third kappa shape index (κ3) is 2.72. The lowest BCUT2D eigenvalue weighted by Gasteiger charge is -2.07. The zero-order valence-electron chi connectivity index (χ0n) is 12.7. The number of aromatic nitrogens is 1. The molecule has 0 amide bonds. The molecule has 0 spiro atoms. The van der Waals surface area contributed by atoms with Crippen molar-refractivity contribution in [2.24, 2.45) is 0 Å². The molecule has 0 saturated heterocycles. The summed E-state index contributed by atoms with van der Waals surface area (Å²) < 4.78 is 15.6. The Morgan fingerprint density at radius 2 is 2.17 bits per heavy atom. The summed E-state index contributed by atoms with van der Waals surface area (Å²) in [5.41, 5.74) is 1.76. The van der Waals surface area contributed by atoms with Crippen LogP contribution >= 0.6 is 11.3 Å². The molecule has 0 atom stereocenters. The van der Waals surface area contributed by atoms with E-state index >= 15 is 0 Å². The van der Waals surface area contributed by atoms with Gasteiger partial charge in [0.05, 0.1) is 18.5 Å². The number of hydrogen-bond acceptors (Lipinski definition) is 4. The molecule has 2 N–H and O–H groups in total. The lowest BCUT2D eigenvalue weighted by molar-refractivity contribution is -0.136. The van der Waals surface area contributed by atoms with Crippen LogP contribution in [0.3, 0.4) is 0 Å². The lowest BCUT2D eigenvalue weighted by atomic mass is 10.1. The van der Waals surface area contributed by atoms with Crippen molar-refractivity contribution in [3.63, 3.8) is 0 Å². The first-order valence-corrected chi connectivity index (χ1v) is 7.93. The molecule has 0 saturated carbocycles. The van der Waals surface area contributed by atoms with Crippen molar-refractivity contribution >= 4 is 28.2 Å². The van der Waals surface area contributed by atoms with E-state index in [-0.39, 0.29) is 6.42 Å². The molecule has 3 aromatic rings. The number of hydrogen-bond donors (Lipinski definition) is 2. The maximum Gasteiger partial charge on any atom is 0.307 e. The molecule has 0 aliphatic heterocycles. The van der Waals surface area contributed by atoms with Gasteiger partial charge in [0.1, 0.15) is 10.9 Å². The highest BCUT2D eigenvalue weighted by Crippen LogP contribution is 2.32. The molecule has 2 heterocycles. The summed E-state index contributed by atoms with van der Waals surface area (Å²) in [6, 6.07) is 8.08. The normalized spacial score (nSPS) is 10.9. The van der Waals surface area contributed by atoms with Crippen LogP contribution in [0.5, 0.6) is 5.75 Å². The number of rotatable bonds is 4. The Morgan fingerprint density at radius 3 is 2.79 bits per heavy atom. The standard InChI is InChI=1S/C17H13FN2O3S/c1-9-12(5-17(22)23)13-4-16(21)14(18)6-15(13)20(9)8-11-3-2-10(7-19)24-11/h2-4,6,21H,5,8H2,1H3,(H,22,23). The van der Waals surface area contributed by atoms with E-state index in [0.717, 1.165) is 4.88 Å². The number of nitriles is 1. The number of thiophene rings is 1. The van der Waals surface area contributed by atoms with Gasteiger partial charge in [-0.1, -0.05) is 0 Å². The fourth-order valence-corrected chi connectivity index (χ4v) is 3.61. The Morgan fingerprint density at radius 1 is 1.42 bits per heavy atom. The van der Waals surface area contributed by atoms with Gasteiger partial charge in [0.2, 0.25) is 0 Å². The number of halogens is 1. The van der Waals surface area contributed by atoms with Gasteiger partial charge in [0.25, 0.3) is 0 Å². The highest BCUT2D eigenvalue weighted by atomic mass is 32.1. The molecule has 1 aromatic carbocycles. The van der Waals surface area contributed by atoms with Crippen LogP contribution in [0, 0.1) is 24.1 Å². The van der Waals surface area contributed by atoms with Gasteiger partial charge >= 0.3 is 5.97 Å². The van der Waals surface area contributed by atoms with Crippen molar-refractivity contribution in [2.45, 2.75) is 19.9 Å². The Hall–Kier alpha value is -2.85. The maximum absolute atomic E-state index is 13.8. The van der Waals surface area contributed by atoms with Gasteiger partial charge in [-0.05, 0) is 30.7 Å². The minimum absolute atomic E-state index is 0.214. The third-order valence-corrected chi connectivity index (χ3v) is 4.91. The molecule has 0 radical (unpaired) electrons. The number of fused-ring (bicyclic) bond motifs is 1. The summed E-state index contributed by atoms with van der Waals surface area (Å²) in [6.45, 7) is 2.17. The lowest BCUT2D eigenvalue weighted by Crippen LogP contribution is -2.04. The van der Waals surface area contributed by atoms with Crippen molar-refractivity contribution in [3.8, 4) is 11.8 Å². The summed E-state index contributed by atoms with van der Waals surface area (Å²) in [4.78, 5) is 12.6. The Bertz CT molecular complexity index is 998. The molecule has 3 rings (SSSR count). The summed E-state index contributed by atoms with van der Waals surface area (Å²) in [5.74, 6) is -2.26. The van der Waals surface area contributed by atoms with E-state index in [1.54, 1.807) is 13.0 Å². The van der Waals surface area contributed by atoms with E-state index < -0.39 is 17.5 Å². The van der Waals surface area contributed by atoms with Gasteiger partial charge in [-0.15, -0.1) is 11.3 Å². The van der Waals surface area contributed by atoms with Crippen LogP contribution in [0.1, 0.15) is 21.0 Å². The molecule has 122 valence electrons. The summed E-state index contributed by atoms with van der Waals surface area (Å²) >= 11 is 1.33. The second kappa shape index (κ2) is 5.98. The molecular weight excluding hydrogens is 331 g/mol. The summed E-state index contributed by atoms with van der Waals surface area (Å²) in [7, 11) is 0. The first kappa shape index (κ1) is 16.0. The molecule has 5 nitrogen and oxygen atoms in total. The number of carboxylic acid groups (broad SMARTS) is 1. The number of nitrogens with zero attached hydrogens (tertiary/aromatic N) is 2. The fraction of sp³-hybridized carbons (Fsp3) is 0.176. The second-order valence-corrected chi connectivity index (χ2v) is 6.59. The number of phenolic OH excluding ortho intramolecular Hbond substituents is 1. The van der Waals surface area contributed by atoms with Crippen molar-refractivity contribution in [2.75, 3.05) is 0 Å². The Kier molecular flexibility index (Phi) is 3.99. The van der Waals surface area contributed by atoms with E-state index in [4.69, 9.17) is 10.4 Å². The van der Waals surface area contributed by atoms with Crippen LogP contribution in [0.2, 0.25) is 0 Å². The van der Waals surface area contributed by atoms with Crippen molar-refractivity contribution in [3.05, 3.63) is 51.1 Å². The van der Waals surface area contributed by atoms with E-state index in [0.29, 0.717) is 33.6 Å². The molecular formula is C17H13FN2O3S. The third-order valence-electron chi connectivity index (χ3n) is 3.94. The number of carbonyl (C=O) groups is 1. The van der Waals surface area contributed by atoms with Gasteiger partial charge in [-0.25, -0.2) is 4.39 Å². The quantitative estimate of drug-likeness (QED) is 0.759. The van der Waals surface area contributed by atoms with E-state index in [1.807, 2.05) is 10.6 Å². The van der Waals surface area contributed by atoms with Gasteiger partial charge < -0.3 is 14.8 Å². The first-order chi connectivity index (χ1) is 11.4. The predicted molar refractivity (Wildman–Crippen MR) is 87.8 cm³/mol. The van der Waals surface area contributed by atoms with Crippen molar-refractivity contribution in [1.82, 2.24) is 4.57 Å². The van der Waals surface area contributed by atoms with Gasteiger partial charge in [-0.2, -0.15) is 5.26 Å². The molecule has 0 aliphatic rings. The summed E-state index contributed by atoms with van der Waals surface area (Å²) in [6.07, 6.45) is -0.214. The topological polar surface area (TPSA) is 86.2 Å². The number of aliphatic carboxylic acids is 1. The number of benzene rings is 1.